The maximum Gasteiger partial charge on any atom is 0.144 e. The van der Waals surface area contributed by atoms with Crippen molar-refractivity contribution >= 4 is 5.82 Å². The summed E-state index contributed by atoms with van der Waals surface area (Å²) in [6.45, 7) is 5.73. The van der Waals surface area contributed by atoms with Crippen molar-refractivity contribution in [2.24, 2.45) is 0 Å². The SMILES string of the molecule is CC(C)OCCCCNc1nc2c(cc1C#N)CCCC2. The van der Waals surface area contributed by atoms with Gasteiger partial charge in [0.15, 0.2) is 0 Å². The number of aromatic nitrogens is 1. The van der Waals surface area contributed by atoms with Gasteiger partial charge in [-0.25, -0.2) is 4.98 Å². The molecule has 0 bridgehead atoms. The van der Waals surface area contributed by atoms with Gasteiger partial charge >= 0.3 is 0 Å². The summed E-state index contributed by atoms with van der Waals surface area (Å²) in [5.74, 6) is 0.753. The van der Waals surface area contributed by atoms with E-state index in [1.807, 2.05) is 6.07 Å². The molecular formula is C17H25N3O. The Labute approximate surface area is 127 Å². The minimum Gasteiger partial charge on any atom is -0.379 e. The summed E-state index contributed by atoms with van der Waals surface area (Å²) in [6, 6.07) is 4.28. The number of nitriles is 1. The average molecular weight is 287 g/mol. The van der Waals surface area contributed by atoms with Crippen LogP contribution in [0.1, 0.15) is 56.4 Å². The first-order valence-electron chi connectivity index (χ1n) is 7.99. The zero-order valence-electron chi connectivity index (χ0n) is 13.1. The summed E-state index contributed by atoms with van der Waals surface area (Å²) in [6.07, 6.45) is 6.86. The number of rotatable bonds is 7. The van der Waals surface area contributed by atoms with Crippen LogP contribution in [0.15, 0.2) is 6.07 Å². The number of hydrogen-bond acceptors (Lipinski definition) is 4. The summed E-state index contributed by atoms with van der Waals surface area (Å²) < 4.78 is 5.52. The van der Waals surface area contributed by atoms with Gasteiger partial charge in [0.2, 0.25) is 0 Å². The van der Waals surface area contributed by atoms with Gasteiger partial charge in [0.1, 0.15) is 11.9 Å². The van der Waals surface area contributed by atoms with Gasteiger partial charge in [-0.1, -0.05) is 0 Å². The fourth-order valence-electron chi connectivity index (χ4n) is 2.61. The summed E-state index contributed by atoms with van der Waals surface area (Å²) >= 11 is 0. The summed E-state index contributed by atoms with van der Waals surface area (Å²) in [5.41, 5.74) is 3.11. The second-order valence-corrected chi connectivity index (χ2v) is 5.86. The summed E-state index contributed by atoms with van der Waals surface area (Å²) in [4.78, 5) is 4.67. The zero-order valence-corrected chi connectivity index (χ0v) is 13.1. The van der Waals surface area contributed by atoms with Gasteiger partial charge in [0, 0.05) is 18.8 Å². The van der Waals surface area contributed by atoms with E-state index in [4.69, 9.17) is 4.74 Å². The van der Waals surface area contributed by atoms with Crippen molar-refractivity contribution in [3.8, 4) is 6.07 Å². The average Bonchev–Trinajstić information content (AvgIpc) is 2.49. The fourth-order valence-corrected chi connectivity index (χ4v) is 2.61. The first-order chi connectivity index (χ1) is 10.2. The maximum atomic E-state index is 9.27. The Hall–Kier alpha value is -1.60. The highest BCUT2D eigenvalue weighted by Crippen LogP contribution is 2.24. The summed E-state index contributed by atoms with van der Waals surface area (Å²) in [5, 5.41) is 12.6. The number of aryl methyl sites for hydroxylation is 2. The third-order valence-electron chi connectivity index (χ3n) is 3.74. The second-order valence-electron chi connectivity index (χ2n) is 5.86. The monoisotopic (exact) mass is 287 g/mol. The van der Waals surface area contributed by atoms with Crippen LogP contribution in [0.25, 0.3) is 0 Å². The topological polar surface area (TPSA) is 57.9 Å². The van der Waals surface area contributed by atoms with Crippen molar-refractivity contribution in [3.05, 3.63) is 22.9 Å². The Balaban J connectivity index is 1.86. The minimum atomic E-state index is 0.297. The number of pyridine rings is 1. The molecular weight excluding hydrogens is 262 g/mol. The molecule has 2 rings (SSSR count). The van der Waals surface area contributed by atoms with Gasteiger partial charge < -0.3 is 10.1 Å². The zero-order chi connectivity index (χ0) is 15.1. The lowest BCUT2D eigenvalue weighted by Gasteiger charge is -2.17. The van der Waals surface area contributed by atoms with Gasteiger partial charge in [0.05, 0.1) is 11.7 Å². The molecule has 1 aliphatic rings. The number of ether oxygens (including phenoxy) is 1. The van der Waals surface area contributed by atoms with Crippen LogP contribution in [0.2, 0.25) is 0 Å². The number of hydrogen-bond donors (Lipinski definition) is 1. The Bertz CT molecular complexity index is 505. The molecule has 21 heavy (non-hydrogen) atoms. The predicted molar refractivity (Wildman–Crippen MR) is 84.4 cm³/mol. The van der Waals surface area contributed by atoms with Crippen molar-refractivity contribution in [3.63, 3.8) is 0 Å². The Kier molecular flexibility index (Phi) is 6.01. The van der Waals surface area contributed by atoms with E-state index >= 15 is 0 Å². The first kappa shape index (κ1) is 15.8. The highest BCUT2D eigenvalue weighted by molar-refractivity contribution is 5.54. The quantitative estimate of drug-likeness (QED) is 0.780. The van der Waals surface area contributed by atoms with Crippen molar-refractivity contribution in [1.82, 2.24) is 4.98 Å². The van der Waals surface area contributed by atoms with Crippen molar-refractivity contribution in [2.45, 2.75) is 58.5 Å². The smallest absolute Gasteiger partial charge is 0.144 e. The number of anilines is 1. The van der Waals surface area contributed by atoms with Crippen LogP contribution in [-0.4, -0.2) is 24.2 Å². The van der Waals surface area contributed by atoms with Crippen LogP contribution in [0.3, 0.4) is 0 Å². The number of unbranched alkanes of at least 4 members (excludes halogenated alkanes) is 1. The molecule has 4 heteroatoms. The molecule has 0 aromatic carbocycles. The lowest BCUT2D eigenvalue weighted by atomic mass is 9.95. The van der Waals surface area contributed by atoms with E-state index in [-0.39, 0.29) is 0 Å². The molecule has 0 saturated heterocycles. The van der Waals surface area contributed by atoms with Crippen molar-refractivity contribution in [2.75, 3.05) is 18.5 Å². The fraction of sp³-hybridized carbons (Fsp3) is 0.647. The summed E-state index contributed by atoms with van der Waals surface area (Å²) in [7, 11) is 0. The molecule has 0 unspecified atom stereocenters. The van der Waals surface area contributed by atoms with Gasteiger partial charge in [-0.15, -0.1) is 0 Å². The van der Waals surface area contributed by atoms with E-state index in [9.17, 15) is 5.26 Å². The first-order valence-corrected chi connectivity index (χ1v) is 7.99. The van der Waals surface area contributed by atoms with Crippen LogP contribution >= 0.6 is 0 Å². The molecule has 0 atom stereocenters. The largest absolute Gasteiger partial charge is 0.379 e. The highest BCUT2D eigenvalue weighted by Gasteiger charge is 2.14. The van der Waals surface area contributed by atoms with Crippen LogP contribution < -0.4 is 5.32 Å². The molecule has 0 saturated carbocycles. The molecule has 1 aromatic rings. The number of nitrogens with one attached hydrogen (secondary N) is 1. The van der Waals surface area contributed by atoms with E-state index in [1.165, 1.54) is 24.1 Å². The lowest BCUT2D eigenvalue weighted by Crippen LogP contribution is -2.12. The number of nitrogens with zero attached hydrogens (tertiary/aromatic N) is 2. The molecule has 4 nitrogen and oxygen atoms in total. The van der Waals surface area contributed by atoms with Crippen LogP contribution in [0, 0.1) is 11.3 Å². The molecule has 0 radical (unpaired) electrons. The van der Waals surface area contributed by atoms with Crippen LogP contribution in [-0.2, 0) is 17.6 Å². The van der Waals surface area contributed by atoms with E-state index in [0.29, 0.717) is 11.7 Å². The van der Waals surface area contributed by atoms with Gasteiger partial charge in [0.25, 0.3) is 0 Å². The Morgan fingerprint density at radius 1 is 1.33 bits per heavy atom. The predicted octanol–water partition coefficient (Wildman–Crippen LogP) is 3.45. The molecule has 1 aliphatic carbocycles. The van der Waals surface area contributed by atoms with E-state index in [2.05, 4.69) is 30.2 Å². The van der Waals surface area contributed by atoms with Crippen molar-refractivity contribution < 1.29 is 4.74 Å². The third kappa shape index (κ3) is 4.71. The standard InChI is InChI=1S/C17H25N3O/c1-13(2)21-10-6-5-9-19-17-15(12-18)11-14-7-3-4-8-16(14)20-17/h11,13H,3-10H2,1-2H3,(H,19,20). The highest BCUT2D eigenvalue weighted by atomic mass is 16.5. The Morgan fingerprint density at radius 3 is 2.90 bits per heavy atom. The van der Waals surface area contributed by atoms with Gasteiger partial charge in [-0.05, 0) is 64.0 Å². The lowest BCUT2D eigenvalue weighted by molar-refractivity contribution is 0.0765. The molecule has 0 amide bonds. The molecule has 1 aromatic heterocycles. The van der Waals surface area contributed by atoms with Gasteiger partial charge in [-0.3, -0.25) is 0 Å². The molecule has 1 N–H and O–H groups in total. The molecule has 0 spiro atoms. The van der Waals surface area contributed by atoms with Crippen molar-refractivity contribution in [1.29, 1.82) is 5.26 Å². The normalized spacial score (nSPS) is 13.8. The molecule has 0 aliphatic heterocycles. The van der Waals surface area contributed by atoms with E-state index in [1.54, 1.807) is 0 Å². The van der Waals surface area contributed by atoms with Gasteiger partial charge in [-0.2, -0.15) is 5.26 Å². The molecule has 1 heterocycles. The number of fused-ring (bicyclic) bond motifs is 1. The van der Waals surface area contributed by atoms with Crippen LogP contribution in [0.5, 0.6) is 0 Å². The second kappa shape index (κ2) is 7.99. The Morgan fingerprint density at radius 2 is 2.14 bits per heavy atom. The van der Waals surface area contributed by atoms with E-state index < -0.39 is 0 Å². The maximum absolute atomic E-state index is 9.27. The van der Waals surface area contributed by atoms with Crippen LogP contribution in [0.4, 0.5) is 5.82 Å². The third-order valence-corrected chi connectivity index (χ3v) is 3.74. The minimum absolute atomic E-state index is 0.297. The van der Waals surface area contributed by atoms with E-state index in [0.717, 1.165) is 44.7 Å². The molecule has 0 fully saturated rings. The molecule has 114 valence electrons.